The lowest BCUT2D eigenvalue weighted by molar-refractivity contribution is 0.380. The summed E-state index contributed by atoms with van der Waals surface area (Å²) in [5, 5.41) is -0.125. The van der Waals surface area contributed by atoms with Crippen molar-refractivity contribution in [3.05, 3.63) is 52.7 Å². The van der Waals surface area contributed by atoms with Crippen molar-refractivity contribution < 1.29 is 9.13 Å². The third kappa shape index (κ3) is 1.91. The number of H-pyrrole nitrogens is 1. The molecule has 0 saturated heterocycles. The highest BCUT2D eigenvalue weighted by molar-refractivity contribution is 5.91. The summed E-state index contributed by atoms with van der Waals surface area (Å²) in [4.78, 5) is 22.4. The molecule has 3 rings (SSSR count). The Morgan fingerprint density at radius 3 is 2.70 bits per heavy atom. The molecular formula is C14H10FN3O2. The number of nitrogens with zero attached hydrogens (tertiary/aromatic N) is 2. The number of methoxy groups -OCH3 is 1. The average Bonchev–Trinajstić information content (AvgIpc) is 2.48. The van der Waals surface area contributed by atoms with Gasteiger partial charge in [-0.2, -0.15) is 4.98 Å². The van der Waals surface area contributed by atoms with E-state index in [0.717, 1.165) is 11.8 Å². The van der Waals surface area contributed by atoms with Gasteiger partial charge in [0.25, 0.3) is 11.6 Å². The topological polar surface area (TPSA) is 67.9 Å². The zero-order valence-electron chi connectivity index (χ0n) is 10.6. The van der Waals surface area contributed by atoms with E-state index in [1.54, 1.807) is 0 Å². The number of hydrogen-bond donors (Lipinski definition) is 1. The molecule has 0 spiro atoms. The maximum atomic E-state index is 13.8. The van der Waals surface area contributed by atoms with Crippen LogP contribution in [0.5, 0.6) is 6.01 Å². The molecule has 0 aliphatic heterocycles. The molecule has 2 aromatic heterocycles. The molecule has 3 aromatic rings. The first kappa shape index (κ1) is 12.3. The van der Waals surface area contributed by atoms with Crippen molar-refractivity contribution in [1.82, 2.24) is 15.0 Å². The number of aromatic amines is 1. The first-order valence-electron chi connectivity index (χ1n) is 5.88. The third-order valence-electron chi connectivity index (χ3n) is 2.91. The maximum Gasteiger partial charge on any atom is 0.296 e. The van der Waals surface area contributed by atoms with Gasteiger partial charge in [0.2, 0.25) is 0 Å². The Labute approximate surface area is 113 Å². The van der Waals surface area contributed by atoms with Crippen LogP contribution in [0, 0.1) is 5.82 Å². The Morgan fingerprint density at radius 1 is 1.25 bits per heavy atom. The van der Waals surface area contributed by atoms with Crippen LogP contribution in [0.3, 0.4) is 0 Å². The molecule has 20 heavy (non-hydrogen) atoms. The molecule has 0 aliphatic carbocycles. The van der Waals surface area contributed by atoms with Crippen LogP contribution in [-0.2, 0) is 0 Å². The number of halogens is 1. The smallest absolute Gasteiger partial charge is 0.296 e. The van der Waals surface area contributed by atoms with E-state index in [0.29, 0.717) is 5.69 Å². The van der Waals surface area contributed by atoms with E-state index in [-0.39, 0.29) is 16.9 Å². The second kappa shape index (κ2) is 4.73. The van der Waals surface area contributed by atoms with Crippen LogP contribution in [0.25, 0.3) is 22.2 Å². The summed E-state index contributed by atoms with van der Waals surface area (Å²) in [5.74, 6) is -0.712. The van der Waals surface area contributed by atoms with E-state index in [4.69, 9.17) is 4.74 Å². The number of rotatable bonds is 2. The van der Waals surface area contributed by atoms with E-state index in [9.17, 15) is 9.18 Å². The van der Waals surface area contributed by atoms with Gasteiger partial charge in [0.05, 0.1) is 19.0 Å². The summed E-state index contributed by atoms with van der Waals surface area (Å²) in [6, 6.07) is 9.17. The largest absolute Gasteiger partial charge is 0.468 e. The predicted octanol–water partition coefficient (Wildman–Crippen LogP) is 2.13. The third-order valence-corrected chi connectivity index (χ3v) is 2.91. The molecule has 2 heterocycles. The highest BCUT2D eigenvalue weighted by Gasteiger charge is 2.15. The van der Waals surface area contributed by atoms with Crippen molar-refractivity contribution in [2.75, 3.05) is 7.11 Å². The van der Waals surface area contributed by atoms with Crippen molar-refractivity contribution in [3.8, 4) is 17.3 Å². The molecule has 6 heteroatoms. The molecule has 5 nitrogen and oxygen atoms in total. The summed E-state index contributed by atoms with van der Waals surface area (Å²) < 4.78 is 18.7. The number of fused-ring (bicyclic) bond motifs is 1. The molecule has 0 unspecified atom stereocenters. The fraction of sp³-hybridized carbons (Fsp3) is 0.0714. The molecular weight excluding hydrogens is 261 g/mol. The van der Waals surface area contributed by atoms with Gasteiger partial charge >= 0.3 is 0 Å². The molecule has 0 amide bonds. The fourth-order valence-electron chi connectivity index (χ4n) is 2.00. The molecule has 0 saturated carbocycles. The zero-order chi connectivity index (χ0) is 14.1. The lowest BCUT2D eigenvalue weighted by atomic mass is 10.1. The second-order valence-corrected chi connectivity index (χ2v) is 4.12. The Balaban J connectivity index is 2.42. The van der Waals surface area contributed by atoms with E-state index >= 15 is 0 Å². The van der Waals surface area contributed by atoms with Gasteiger partial charge in [0, 0.05) is 5.56 Å². The number of aromatic nitrogens is 3. The molecule has 1 aromatic carbocycles. The highest BCUT2D eigenvalue weighted by atomic mass is 19.1. The van der Waals surface area contributed by atoms with Crippen LogP contribution in [0.4, 0.5) is 4.39 Å². The molecule has 0 bridgehead atoms. The minimum Gasteiger partial charge on any atom is -0.468 e. The van der Waals surface area contributed by atoms with Crippen molar-refractivity contribution in [1.29, 1.82) is 0 Å². The van der Waals surface area contributed by atoms with E-state index in [1.807, 2.05) is 30.3 Å². The van der Waals surface area contributed by atoms with Crippen LogP contribution in [-0.4, -0.2) is 22.1 Å². The summed E-state index contributed by atoms with van der Waals surface area (Å²) in [6.45, 7) is 0. The van der Waals surface area contributed by atoms with Gasteiger partial charge in [-0.15, -0.1) is 0 Å². The lowest BCUT2D eigenvalue weighted by Crippen LogP contribution is -2.12. The van der Waals surface area contributed by atoms with Crippen LogP contribution < -0.4 is 10.3 Å². The van der Waals surface area contributed by atoms with E-state index in [1.165, 1.54) is 7.11 Å². The van der Waals surface area contributed by atoms with Crippen molar-refractivity contribution in [2.24, 2.45) is 0 Å². The van der Waals surface area contributed by atoms with Gasteiger partial charge in [0.15, 0.2) is 5.82 Å². The van der Waals surface area contributed by atoms with Gasteiger partial charge < -0.3 is 4.74 Å². The summed E-state index contributed by atoms with van der Waals surface area (Å²) >= 11 is 0. The molecule has 0 atom stereocenters. The normalized spacial score (nSPS) is 10.7. The SMILES string of the molecule is COc1nc2c(-c3ccccc3)ncc(F)c2c(=O)[nH]1. The number of nitrogens with one attached hydrogen (secondary N) is 1. The summed E-state index contributed by atoms with van der Waals surface area (Å²) in [6.07, 6.45) is 1.02. The van der Waals surface area contributed by atoms with Crippen molar-refractivity contribution in [2.45, 2.75) is 0 Å². The van der Waals surface area contributed by atoms with Crippen LogP contribution in [0.2, 0.25) is 0 Å². The quantitative estimate of drug-likeness (QED) is 0.775. The average molecular weight is 271 g/mol. The lowest BCUT2D eigenvalue weighted by Gasteiger charge is -2.07. The van der Waals surface area contributed by atoms with Gasteiger partial charge in [-0.05, 0) is 0 Å². The van der Waals surface area contributed by atoms with Crippen molar-refractivity contribution in [3.63, 3.8) is 0 Å². The number of pyridine rings is 1. The number of benzene rings is 1. The Bertz CT molecular complexity index is 831. The second-order valence-electron chi connectivity index (χ2n) is 4.12. The van der Waals surface area contributed by atoms with E-state index in [2.05, 4.69) is 15.0 Å². The highest BCUT2D eigenvalue weighted by Crippen LogP contribution is 2.25. The molecule has 0 fully saturated rings. The Kier molecular flexibility index (Phi) is 2.90. The molecule has 0 radical (unpaired) electrons. The Morgan fingerprint density at radius 2 is 2.00 bits per heavy atom. The number of ether oxygens (including phenoxy) is 1. The van der Waals surface area contributed by atoms with Crippen LogP contribution in [0.1, 0.15) is 0 Å². The minimum absolute atomic E-state index is 0.0204. The van der Waals surface area contributed by atoms with Gasteiger partial charge in [0.1, 0.15) is 10.9 Å². The molecule has 100 valence electrons. The standard InChI is InChI=1S/C14H10FN3O2/c1-20-14-17-12-10(13(19)18-14)9(15)7-16-11(12)8-5-3-2-4-6-8/h2-7H,1H3,(H,17,18,19). The van der Waals surface area contributed by atoms with Crippen LogP contribution in [0.15, 0.2) is 41.3 Å². The van der Waals surface area contributed by atoms with Crippen LogP contribution >= 0.6 is 0 Å². The first-order chi connectivity index (χ1) is 9.70. The monoisotopic (exact) mass is 271 g/mol. The predicted molar refractivity (Wildman–Crippen MR) is 72.1 cm³/mol. The first-order valence-corrected chi connectivity index (χ1v) is 5.88. The van der Waals surface area contributed by atoms with Gasteiger partial charge in [-0.3, -0.25) is 14.8 Å². The Hall–Kier alpha value is -2.76. The summed E-state index contributed by atoms with van der Waals surface area (Å²) in [5.41, 5.74) is 0.768. The fourth-order valence-corrected chi connectivity index (χ4v) is 2.00. The van der Waals surface area contributed by atoms with Gasteiger partial charge in [-0.1, -0.05) is 30.3 Å². The minimum atomic E-state index is -0.712. The number of hydrogen-bond acceptors (Lipinski definition) is 4. The van der Waals surface area contributed by atoms with E-state index < -0.39 is 11.4 Å². The maximum absolute atomic E-state index is 13.8. The molecule has 0 aliphatic rings. The molecule has 1 N–H and O–H groups in total. The van der Waals surface area contributed by atoms with Crippen molar-refractivity contribution >= 4 is 10.9 Å². The summed E-state index contributed by atoms with van der Waals surface area (Å²) in [7, 11) is 1.37. The zero-order valence-corrected chi connectivity index (χ0v) is 10.6. The van der Waals surface area contributed by atoms with Gasteiger partial charge in [-0.25, -0.2) is 4.39 Å².